The summed E-state index contributed by atoms with van der Waals surface area (Å²) < 4.78 is 51.2. The van der Waals surface area contributed by atoms with Crippen LogP contribution in [0.1, 0.15) is 118 Å². The van der Waals surface area contributed by atoms with Crippen LogP contribution in [-0.2, 0) is 28.8 Å². The lowest BCUT2D eigenvalue weighted by molar-refractivity contribution is -0.0679. The number of unbranched alkanes of at least 4 members (excludes halogenated alkanes) is 13. The first-order valence-electron chi connectivity index (χ1n) is 13.2. The highest BCUT2D eigenvalue weighted by molar-refractivity contribution is 7.80. The number of ether oxygens (including phenoxy) is 3. The Bertz CT molecular complexity index is 513. The molecule has 0 aromatic carbocycles. The van der Waals surface area contributed by atoms with Gasteiger partial charge in [-0.05, 0) is 27.2 Å². The van der Waals surface area contributed by atoms with Crippen LogP contribution in [-0.4, -0.2) is 57.7 Å². The maximum atomic E-state index is 10.6. The van der Waals surface area contributed by atoms with Gasteiger partial charge in [0.1, 0.15) is 0 Å². The lowest BCUT2D eigenvalue weighted by Gasteiger charge is -2.19. The predicted molar refractivity (Wildman–Crippen MR) is 134 cm³/mol. The molecule has 200 valence electrons. The van der Waals surface area contributed by atoms with Gasteiger partial charge in [-0.15, -0.1) is 0 Å². The third-order valence-electron chi connectivity index (χ3n) is 5.51. The molecule has 0 spiro atoms. The van der Waals surface area contributed by atoms with Crippen LogP contribution < -0.4 is 0 Å². The number of rotatable bonds is 25. The van der Waals surface area contributed by atoms with Gasteiger partial charge in [-0.2, -0.15) is 8.42 Å². The van der Waals surface area contributed by atoms with Crippen molar-refractivity contribution in [2.75, 3.05) is 26.4 Å². The molecule has 0 aliphatic rings. The minimum absolute atomic E-state index is 0.0332. The third-order valence-corrected chi connectivity index (χ3v) is 6.08. The predicted octanol–water partition coefficient (Wildman–Crippen LogP) is 6.50. The van der Waals surface area contributed by atoms with Gasteiger partial charge in [0.2, 0.25) is 0 Å². The van der Waals surface area contributed by atoms with E-state index in [4.69, 9.17) is 18.8 Å². The molecule has 0 aliphatic carbocycles. The Balaban J connectivity index is 3.38. The van der Waals surface area contributed by atoms with Crippen LogP contribution in [0.3, 0.4) is 0 Å². The van der Waals surface area contributed by atoms with Crippen LogP contribution in [0.2, 0.25) is 0 Å². The van der Waals surface area contributed by atoms with Gasteiger partial charge in [-0.3, -0.25) is 4.55 Å². The van der Waals surface area contributed by atoms with Gasteiger partial charge >= 0.3 is 10.4 Å². The highest BCUT2D eigenvalue weighted by Gasteiger charge is 2.14. The van der Waals surface area contributed by atoms with E-state index < -0.39 is 16.5 Å². The van der Waals surface area contributed by atoms with Crippen LogP contribution in [0.5, 0.6) is 0 Å². The summed E-state index contributed by atoms with van der Waals surface area (Å²) in [7, 11) is -4.45. The van der Waals surface area contributed by atoms with Gasteiger partial charge in [-0.1, -0.05) is 90.4 Å². The molecule has 0 aromatic heterocycles. The van der Waals surface area contributed by atoms with Gasteiger partial charge in [0.25, 0.3) is 0 Å². The SMILES string of the molecule is CCCCCCCCCCCCCCCCOCC(C)OCC(C)OCC(C)OS(=O)(=O)O. The Labute approximate surface area is 204 Å². The highest BCUT2D eigenvalue weighted by Crippen LogP contribution is 2.13. The van der Waals surface area contributed by atoms with E-state index in [1.807, 2.05) is 13.8 Å². The van der Waals surface area contributed by atoms with E-state index in [2.05, 4.69) is 11.1 Å². The van der Waals surface area contributed by atoms with Crippen molar-refractivity contribution in [1.29, 1.82) is 0 Å². The summed E-state index contributed by atoms with van der Waals surface area (Å²) in [5, 5.41) is 0. The van der Waals surface area contributed by atoms with Crippen LogP contribution in [0, 0.1) is 0 Å². The number of hydrogen-bond donors (Lipinski definition) is 1. The molecule has 0 bridgehead atoms. The average molecular weight is 497 g/mol. The smallest absolute Gasteiger partial charge is 0.379 e. The van der Waals surface area contributed by atoms with E-state index in [0.717, 1.165) is 13.0 Å². The minimum Gasteiger partial charge on any atom is -0.379 e. The Hall–Kier alpha value is -0.250. The minimum atomic E-state index is -4.45. The maximum Gasteiger partial charge on any atom is 0.397 e. The van der Waals surface area contributed by atoms with Crippen LogP contribution in [0.4, 0.5) is 0 Å². The molecule has 0 radical (unpaired) electrons. The van der Waals surface area contributed by atoms with Crippen molar-refractivity contribution in [3.05, 3.63) is 0 Å². The summed E-state index contributed by atoms with van der Waals surface area (Å²) >= 11 is 0. The molecule has 0 saturated heterocycles. The molecule has 0 fully saturated rings. The second kappa shape index (κ2) is 22.2. The van der Waals surface area contributed by atoms with Gasteiger partial charge in [0, 0.05) is 6.61 Å². The molecule has 7 nitrogen and oxygen atoms in total. The normalized spacial score (nSPS) is 14.9. The van der Waals surface area contributed by atoms with Crippen molar-refractivity contribution in [2.24, 2.45) is 0 Å². The Morgan fingerprint density at radius 2 is 1.00 bits per heavy atom. The fourth-order valence-electron chi connectivity index (χ4n) is 3.58. The van der Waals surface area contributed by atoms with E-state index in [1.54, 1.807) is 0 Å². The average Bonchev–Trinajstić information content (AvgIpc) is 2.74. The largest absolute Gasteiger partial charge is 0.397 e. The fourth-order valence-corrected chi connectivity index (χ4v) is 4.05. The third kappa shape index (κ3) is 26.2. The number of hydrogen-bond acceptors (Lipinski definition) is 6. The van der Waals surface area contributed by atoms with Gasteiger partial charge < -0.3 is 14.2 Å². The molecular formula is C25H52O7S. The second-order valence-corrected chi connectivity index (χ2v) is 10.3. The first-order valence-corrected chi connectivity index (χ1v) is 14.6. The lowest BCUT2D eigenvalue weighted by Crippen LogP contribution is -2.27. The van der Waals surface area contributed by atoms with Crippen LogP contribution >= 0.6 is 0 Å². The molecule has 33 heavy (non-hydrogen) atoms. The maximum absolute atomic E-state index is 10.6. The fraction of sp³-hybridized carbons (Fsp3) is 1.00. The summed E-state index contributed by atoms with van der Waals surface area (Å²) in [6, 6.07) is 0. The van der Waals surface area contributed by atoms with Crippen molar-refractivity contribution in [2.45, 2.75) is 136 Å². The Morgan fingerprint density at radius 3 is 1.45 bits per heavy atom. The molecule has 3 unspecified atom stereocenters. The van der Waals surface area contributed by atoms with E-state index in [1.165, 1.54) is 90.4 Å². The molecule has 0 rings (SSSR count). The van der Waals surface area contributed by atoms with Crippen LogP contribution in [0.25, 0.3) is 0 Å². The van der Waals surface area contributed by atoms with Gasteiger partial charge in [0.05, 0.1) is 38.1 Å². The summed E-state index contributed by atoms with van der Waals surface area (Å²) in [4.78, 5) is 0. The van der Waals surface area contributed by atoms with Crippen molar-refractivity contribution in [1.82, 2.24) is 0 Å². The quantitative estimate of drug-likeness (QED) is 0.114. The standard InChI is InChI=1S/C25H52O7S/c1-5-6-7-8-9-10-11-12-13-14-15-16-17-18-19-29-20-23(2)30-21-24(3)31-22-25(4)32-33(26,27)28/h23-25H,5-22H2,1-4H3,(H,26,27,28). The van der Waals surface area contributed by atoms with Gasteiger partial charge in [-0.25, -0.2) is 4.18 Å². The topological polar surface area (TPSA) is 91.3 Å². The van der Waals surface area contributed by atoms with Crippen molar-refractivity contribution < 1.29 is 31.4 Å². The summed E-state index contributed by atoms with van der Waals surface area (Å²) in [5.41, 5.74) is 0. The lowest BCUT2D eigenvalue weighted by atomic mass is 10.0. The monoisotopic (exact) mass is 496 g/mol. The Kier molecular flexibility index (Phi) is 22.1. The zero-order chi connectivity index (χ0) is 24.8. The first-order chi connectivity index (χ1) is 15.7. The van der Waals surface area contributed by atoms with Gasteiger partial charge in [0.15, 0.2) is 0 Å². The molecule has 0 heterocycles. The van der Waals surface area contributed by atoms with E-state index in [0.29, 0.717) is 13.2 Å². The zero-order valence-electron chi connectivity index (χ0n) is 21.8. The van der Waals surface area contributed by atoms with Crippen molar-refractivity contribution >= 4 is 10.4 Å². The zero-order valence-corrected chi connectivity index (χ0v) is 22.6. The first kappa shape index (κ1) is 32.8. The Morgan fingerprint density at radius 1 is 0.606 bits per heavy atom. The molecule has 1 N–H and O–H groups in total. The van der Waals surface area contributed by atoms with E-state index in [9.17, 15) is 8.42 Å². The van der Waals surface area contributed by atoms with Crippen LogP contribution in [0.15, 0.2) is 0 Å². The molecular weight excluding hydrogens is 444 g/mol. The second-order valence-electron chi connectivity index (χ2n) is 9.29. The molecule has 3 atom stereocenters. The molecule has 8 heteroatoms. The molecule has 0 amide bonds. The molecule has 0 aliphatic heterocycles. The molecule has 0 aromatic rings. The summed E-state index contributed by atoms with van der Waals surface area (Å²) in [6.07, 6.45) is 17.9. The van der Waals surface area contributed by atoms with Crippen molar-refractivity contribution in [3.63, 3.8) is 0 Å². The van der Waals surface area contributed by atoms with E-state index >= 15 is 0 Å². The van der Waals surface area contributed by atoms with Crippen molar-refractivity contribution in [3.8, 4) is 0 Å². The van der Waals surface area contributed by atoms with E-state index in [-0.39, 0.29) is 18.8 Å². The summed E-state index contributed by atoms with van der Waals surface area (Å²) in [6.45, 7) is 9.32. The highest BCUT2D eigenvalue weighted by atomic mass is 32.3. The molecule has 0 saturated carbocycles. The summed E-state index contributed by atoms with van der Waals surface area (Å²) in [5.74, 6) is 0.